The molecule has 5 rings (SSSR count). The number of aryl methyl sites for hydroxylation is 2. The number of hydrogen-bond acceptors (Lipinski definition) is 6. The van der Waals surface area contributed by atoms with Crippen molar-refractivity contribution in [3.8, 4) is 0 Å². The fourth-order valence-electron chi connectivity index (χ4n) is 5.05. The van der Waals surface area contributed by atoms with Crippen LogP contribution in [0.4, 0.5) is 16.0 Å². The van der Waals surface area contributed by atoms with Crippen molar-refractivity contribution in [2.24, 2.45) is 18.2 Å². The number of aliphatic hydroxyl groups is 1. The van der Waals surface area contributed by atoms with Gasteiger partial charge in [-0.05, 0) is 55.7 Å². The van der Waals surface area contributed by atoms with E-state index in [9.17, 15) is 19.1 Å². The molecule has 9 nitrogen and oxygen atoms in total. The van der Waals surface area contributed by atoms with E-state index in [0.29, 0.717) is 22.4 Å². The van der Waals surface area contributed by atoms with Crippen LogP contribution < -0.4 is 16.7 Å². The first kappa shape index (κ1) is 19.7. The maximum Gasteiger partial charge on any atom is 0.330 e. The number of hydrogen-bond donors (Lipinski definition) is 3. The van der Waals surface area contributed by atoms with Crippen molar-refractivity contribution < 1.29 is 14.3 Å². The number of nitrogens with one attached hydrogen (secondary N) is 1. The molecule has 2 fully saturated rings. The predicted molar refractivity (Wildman–Crippen MR) is 112 cm³/mol. The number of halogens is 1. The summed E-state index contributed by atoms with van der Waals surface area (Å²) in [7, 11) is 1.68. The molecule has 0 aliphatic heterocycles. The highest BCUT2D eigenvalue weighted by atomic mass is 19.1. The number of primary amides is 1. The second kappa shape index (κ2) is 6.61. The lowest BCUT2D eigenvalue weighted by molar-refractivity contribution is -0.106. The van der Waals surface area contributed by atoms with Crippen LogP contribution in [0, 0.1) is 18.2 Å². The first-order chi connectivity index (χ1) is 14.7. The largest absolute Gasteiger partial charge is 0.393 e. The summed E-state index contributed by atoms with van der Waals surface area (Å²) in [6.07, 6.45) is 4.60. The summed E-state index contributed by atoms with van der Waals surface area (Å²) in [5.41, 5.74) is 7.13. The van der Waals surface area contributed by atoms with Crippen LogP contribution in [-0.4, -0.2) is 36.2 Å². The van der Waals surface area contributed by atoms with Crippen LogP contribution in [0.3, 0.4) is 0 Å². The Morgan fingerprint density at radius 1 is 1.32 bits per heavy atom. The first-order valence-corrected chi connectivity index (χ1v) is 10.2. The molecular weight excluding hydrogens is 403 g/mol. The highest BCUT2D eigenvalue weighted by Gasteiger charge is 2.53. The number of aromatic nitrogens is 4. The van der Waals surface area contributed by atoms with E-state index in [4.69, 9.17) is 5.73 Å². The van der Waals surface area contributed by atoms with Crippen LogP contribution >= 0.6 is 0 Å². The Labute approximate surface area is 176 Å². The molecular formula is C21H23FN6O3. The molecule has 1 aromatic carbocycles. The summed E-state index contributed by atoms with van der Waals surface area (Å²) < 4.78 is 17.4. The monoisotopic (exact) mass is 426 g/mol. The maximum atomic E-state index is 14.2. The lowest BCUT2D eigenvalue weighted by Gasteiger charge is -2.56. The molecule has 2 heterocycles. The average molecular weight is 426 g/mol. The SMILES string of the molecule is Cc1cc(C(N)=O)c(F)cc1Nc1ncc2c(n1)n(C1CC3(CC(O)C3)C1)c(=O)n2C. The molecule has 31 heavy (non-hydrogen) atoms. The maximum absolute atomic E-state index is 14.2. The quantitative estimate of drug-likeness (QED) is 0.585. The molecule has 2 aliphatic rings. The zero-order valence-corrected chi connectivity index (χ0v) is 17.2. The van der Waals surface area contributed by atoms with Gasteiger partial charge in [-0.15, -0.1) is 0 Å². The van der Waals surface area contributed by atoms with Crippen molar-refractivity contribution >= 4 is 28.7 Å². The van der Waals surface area contributed by atoms with Crippen LogP contribution in [0.5, 0.6) is 0 Å². The van der Waals surface area contributed by atoms with Crippen LogP contribution in [0.25, 0.3) is 11.2 Å². The number of imidazole rings is 1. The van der Waals surface area contributed by atoms with Crippen LogP contribution in [0.15, 0.2) is 23.1 Å². The summed E-state index contributed by atoms with van der Waals surface area (Å²) in [5.74, 6) is -1.36. The molecule has 2 aromatic heterocycles. The minimum absolute atomic E-state index is 0.0282. The topological polar surface area (TPSA) is 128 Å². The van der Waals surface area contributed by atoms with Gasteiger partial charge in [-0.25, -0.2) is 14.2 Å². The van der Waals surface area contributed by atoms with E-state index in [1.54, 1.807) is 24.7 Å². The molecule has 0 saturated heterocycles. The molecule has 2 aliphatic carbocycles. The molecule has 2 saturated carbocycles. The van der Waals surface area contributed by atoms with E-state index in [1.165, 1.54) is 16.7 Å². The van der Waals surface area contributed by atoms with E-state index < -0.39 is 11.7 Å². The van der Waals surface area contributed by atoms with E-state index in [-0.39, 0.29) is 34.8 Å². The van der Waals surface area contributed by atoms with Crippen LogP contribution in [0.1, 0.15) is 47.6 Å². The van der Waals surface area contributed by atoms with E-state index in [1.807, 2.05) is 0 Å². The molecule has 4 N–H and O–H groups in total. The smallest absolute Gasteiger partial charge is 0.330 e. The van der Waals surface area contributed by atoms with Gasteiger partial charge in [-0.3, -0.25) is 13.9 Å². The number of aliphatic hydroxyl groups excluding tert-OH is 1. The Kier molecular flexibility index (Phi) is 4.20. The van der Waals surface area contributed by atoms with Crippen molar-refractivity contribution in [3.05, 3.63) is 45.8 Å². The van der Waals surface area contributed by atoms with Gasteiger partial charge >= 0.3 is 5.69 Å². The predicted octanol–water partition coefficient (Wildman–Crippen LogP) is 1.90. The number of anilines is 2. The number of carbonyl (C=O) groups is 1. The Hall–Kier alpha value is -3.27. The van der Waals surface area contributed by atoms with Crippen LogP contribution in [0.2, 0.25) is 0 Å². The third-order valence-electron chi connectivity index (χ3n) is 6.70. The van der Waals surface area contributed by atoms with Gasteiger partial charge in [0.1, 0.15) is 11.3 Å². The fraction of sp³-hybridized carbons (Fsp3) is 0.429. The van der Waals surface area contributed by atoms with Crippen LogP contribution in [-0.2, 0) is 7.05 Å². The molecule has 1 spiro atoms. The number of nitrogens with zero attached hydrogens (tertiary/aromatic N) is 4. The van der Waals surface area contributed by atoms with E-state index in [0.717, 1.165) is 25.7 Å². The number of fused-ring (bicyclic) bond motifs is 1. The standard InChI is InChI=1S/C21H23FN6O3/c1-10-3-13(17(23)30)14(22)4-15(10)25-19-24-9-16-18(26-19)28(20(31)27(16)2)11-5-21(6-11)7-12(29)8-21/h3-4,9,11-12,29H,5-8H2,1-2H3,(H2,23,30)(H,24,25,26). The first-order valence-electron chi connectivity index (χ1n) is 10.2. The highest BCUT2D eigenvalue weighted by Crippen LogP contribution is 2.60. The minimum Gasteiger partial charge on any atom is -0.393 e. The number of nitrogens with two attached hydrogens (primary N) is 1. The molecule has 0 bridgehead atoms. The van der Waals surface area contributed by atoms with Gasteiger partial charge < -0.3 is 16.2 Å². The molecule has 3 aromatic rings. The number of amides is 1. The summed E-state index contributed by atoms with van der Waals surface area (Å²) in [6, 6.07) is 2.58. The Balaban J connectivity index is 1.49. The Morgan fingerprint density at radius 2 is 2.03 bits per heavy atom. The summed E-state index contributed by atoms with van der Waals surface area (Å²) in [5, 5.41) is 12.6. The molecule has 1 amide bonds. The van der Waals surface area contributed by atoms with Crippen molar-refractivity contribution in [2.75, 3.05) is 5.32 Å². The zero-order chi connectivity index (χ0) is 22.1. The molecule has 10 heteroatoms. The van der Waals surface area contributed by atoms with Gasteiger partial charge in [-0.2, -0.15) is 4.98 Å². The molecule has 0 unspecified atom stereocenters. The van der Waals surface area contributed by atoms with E-state index >= 15 is 0 Å². The van der Waals surface area contributed by atoms with E-state index in [2.05, 4.69) is 15.3 Å². The molecule has 162 valence electrons. The van der Waals surface area contributed by atoms with Gasteiger partial charge in [0.25, 0.3) is 5.91 Å². The Morgan fingerprint density at radius 3 is 2.68 bits per heavy atom. The molecule has 0 atom stereocenters. The lowest BCUT2D eigenvalue weighted by atomic mass is 9.53. The van der Waals surface area contributed by atoms with Gasteiger partial charge in [-0.1, -0.05) is 0 Å². The second-order valence-electron chi connectivity index (χ2n) is 8.87. The summed E-state index contributed by atoms with van der Waals surface area (Å²) >= 11 is 0. The van der Waals surface area contributed by atoms with Crippen molar-refractivity contribution in [2.45, 2.75) is 44.8 Å². The fourth-order valence-corrected chi connectivity index (χ4v) is 5.05. The lowest BCUT2D eigenvalue weighted by Crippen LogP contribution is -2.51. The van der Waals surface area contributed by atoms with Gasteiger partial charge in [0.2, 0.25) is 5.95 Å². The third-order valence-corrected chi connectivity index (χ3v) is 6.70. The summed E-state index contributed by atoms with van der Waals surface area (Å²) in [4.78, 5) is 33.0. The highest BCUT2D eigenvalue weighted by molar-refractivity contribution is 5.94. The van der Waals surface area contributed by atoms with Gasteiger partial charge in [0.05, 0.1) is 17.9 Å². The molecule has 0 radical (unpaired) electrons. The van der Waals surface area contributed by atoms with Gasteiger partial charge in [0, 0.05) is 18.8 Å². The third kappa shape index (κ3) is 3.01. The Bertz CT molecular complexity index is 1280. The van der Waals surface area contributed by atoms with Crippen molar-refractivity contribution in [3.63, 3.8) is 0 Å². The summed E-state index contributed by atoms with van der Waals surface area (Å²) in [6.45, 7) is 1.71. The number of carbonyl (C=O) groups excluding carboxylic acids is 1. The zero-order valence-electron chi connectivity index (χ0n) is 17.2. The van der Waals surface area contributed by atoms with Gasteiger partial charge in [0.15, 0.2) is 5.65 Å². The average Bonchev–Trinajstić information content (AvgIpc) is 2.90. The minimum atomic E-state index is -0.838. The number of benzene rings is 1. The van der Waals surface area contributed by atoms with Crippen molar-refractivity contribution in [1.29, 1.82) is 0 Å². The number of rotatable bonds is 4. The normalized spacial score (nSPS) is 24.8. The second-order valence-corrected chi connectivity index (χ2v) is 8.87. The van der Waals surface area contributed by atoms with Crippen molar-refractivity contribution in [1.82, 2.24) is 19.1 Å².